The van der Waals surface area contributed by atoms with Crippen LogP contribution in [0, 0.1) is 11.6 Å². The van der Waals surface area contributed by atoms with Crippen molar-refractivity contribution in [3.8, 4) is 34.1 Å². The van der Waals surface area contributed by atoms with Gasteiger partial charge in [0.2, 0.25) is 0 Å². The lowest BCUT2D eigenvalue weighted by Gasteiger charge is -2.16. The maximum atomic E-state index is 15.1. The van der Waals surface area contributed by atoms with E-state index in [0.717, 1.165) is 24.0 Å². The summed E-state index contributed by atoms with van der Waals surface area (Å²) in [6.07, 6.45) is 6.17. The summed E-state index contributed by atoms with van der Waals surface area (Å²) in [7, 11) is 0. The van der Waals surface area contributed by atoms with Crippen LogP contribution in [0.2, 0.25) is 0 Å². The highest BCUT2D eigenvalue weighted by atomic mass is 19.1. The molecule has 7 nitrogen and oxygen atoms in total. The maximum Gasteiger partial charge on any atom is 0.346 e. The van der Waals surface area contributed by atoms with Gasteiger partial charge in [-0.15, -0.1) is 0 Å². The van der Waals surface area contributed by atoms with Crippen LogP contribution in [0.3, 0.4) is 0 Å². The van der Waals surface area contributed by atoms with Crippen LogP contribution in [0.1, 0.15) is 58.5 Å². The highest BCUT2D eigenvalue weighted by Crippen LogP contribution is 2.40. The molecule has 0 fully saturated rings. The summed E-state index contributed by atoms with van der Waals surface area (Å²) in [5.74, 6) is -2.98. The van der Waals surface area contributed by atoms with Crippen LogP contribution in [-0.2, 0) is 12.8 Å². The fourth-order valence-electron chi connectivity index (χ4n) is 5.43. The van der Waals surface area contributed by atoms with E-state index in [1.807, 2.05) is 44.2 Å². The molecule has 0 saturated carbocycles. The van der Waals surface area contributed by atoms with E-state index in [0.29, 0.717) is 29.7 Å². The highest BCUT2D eigenvalue weighted by molar-refractivity contribution is 6.04. The Hall–Kier alpha value is -5.83. The van der Waals surface area contributed by atoms with E-state index in [2.05, 4.69) is 4.98 Å². The quantitative estimate of drug-likeness (QED) is 0.109. The summed E-state index contributed by atoms with van der Waals surface area (Å²) in [6.45, 7) is 3.97. The number of nitrogens with zero attached hydrogens (tertiary/aromatic N) is 3. The van der Waals surface area contributed by atoms with Crippen LogP contribution >= 0.6 is 0 Å². The number of aryl methyl sites for hydroxylation is 2. The van der Waals surface area contributed by atoms with Gasteiger partial charge in [0.25, 0.3) is 0 Å². The van der Waals surface area contributed by atoms with Gasteiger partial charge in [-0.3, -0.25) is 4.98 Å². The molecular formula is C39H31F2N3O4. The number of carbonyl (C=O) groups excluding carboxylic acids is 2. The van der Waals surface area contributed by atoms with Crippen molar-refractivity contribution in [2.75, 3.05) is 0 Å². The lowest BCUT2D eigenvalue weighted by atomic mass is 10.0. The van der Waals surface area contributed by atoms with Crippen molar-refractivity contribution in [1.29, 1.82) is 0 Å². The van der Waals surface area contributed by atoms with Crippen LogP contribution in [0.4, 0.5) is 8.78 Å². The maximum absolute atomic E-state index is 15.1. The monoisotopic (exact) mass is 643 g/mol. The zero-order chi connectivity index (χ0) is 33.6. The van der Waals surface area contributed by atoms with Gasteiger partial charge in [0.05, 0.1) is 22.2 Å². The second kappa shape index (κ2) is 14.3. The second-order valence-electron chi connectivity index (χ2n) is 11.2. The van der Waals surface area contributed by atoms with Crippen molar-refractivity contribution in [1.82, 2.24) is 15.0 Å². The molecule has 0 bridgehead atoms. The Bertz CT molecular complexity index is 2120. The molecule has 4 aromatic carbocycles. The third-order valence-electron chi connectivity index (χ3n) is 7.75. The Morgan fingerprint density at radius 3 is 1.77 bits per heavy atom. The van der Waals surface area contributed by atoms with Gasteiger partial charge >= 0.3 is 11.9 Å². The molecule has 0 radical (unpaired) electrons. The number of halogens is 2. The lowest BCUT2D eigenvalue weighted by molar-refractivity contribution is 0.0717. The Morgan fingerprint density at radius 1 is 0.646 bits per heavy atom. The Balaban J connectivity index is 1.51. The van der Waals surface area contributed by atoms with Gasteiger partial charge in [-0.1, -0.05) is 69.2 Å². The molecule has 0 spiro atoms. The molecule has 0 aliphatic carbocycles. The number of aromatic nitrogens is 3. The zero-order valence-corrected chi connectivity index (χ0v) is 26.4. The average molecular weight is 644 g/mol. The molecule has 240 valence electrons. The molecule has 0 N–H and O–H groups in total. The van der Waals surface area contributed by atoms with E-state index in [4.69, 9.17) is 19.4 Å². The lowest BCUT2D eigenvalue weighted by Crippen LogP contribution is -2.14. The van der Waals surface area contributed by atoms with Crippen molar-refractivity contribution >= 4 is 22.8 Å². The molecule has 6 rings (SSSR count). The highest BCUT2D eigenvalue weighted by Gasteiger charge is 2.24. The van der Waals surface area contributed by atoms with Gasteiger partial charge in [0.15, 0.2) is 11.6 Å². The molecule has 0 saturated heterocycles. The molecule has 48 heavy (non-hydrogen) atoms. The third-order valence-corrected chi connectivity index (χ3v) is 7.75. The minimum absolute atomic E-state index is 0.0158. The van der Waals surface area contributed by atoms with E-state index in [1.54, 1.807) is 36.7 Å². The average Bonchev–Trinajstić information content (AvgIpc) is 3.10. The molecule has 6 aromatic rings. The van der Waals surface area contributed by atoms with Gasteiger partial charge < -0.3 is 9.47 Å². The van der Waals surface area contributed by atoms with Crippen LogP contribution in [0.15, 0.2) is 103 Å². The number of benzene rings is 4. The first-order valence-corrected chi connectivity index (χ1v) is 15.7. The van der Waals surface area contributed by atoms with E-state index in [-0.39, 0.29) is 39.4 Å². The molecule has 0 aliphatic heterocycles. The largest absolute Gasteiger partial charge is 0.422 e. The predicted molar refractivity (Wildman–Crippen MR) is 179 cm³/mol. The minimum Gasteiger partial charge on any atom is -0.422 e. The fourth-order valence-corrected chi connectivity index (χ4v) is 5.43. The summed E-state index contributed by atoms with van der Waals surface area (Å²) in [5, 5.41) is 0.236. The smallest absolute Gasteiger partial charge is 0.346 e. The van der Waals surface area contributed by atoms with Crippen molar-refractivity contribution in [2.24, 2.45) is 0 Å². The number of esters is 2. The number of hydrogen-bond donors (Lipinski definition) is 0. The first-order valence-electron chi connectivity index (χ1n) is 15.7. The SMILES string of the molecule is CCCc1ccc(C(=O)Oc2ccc(OC(=O)c3ccc(CCC)cc3F)c3c(-c4ccccc4)nc(-c4ccncc4)nc23)c(F)c1. The fraction of sp³-hybridized carbons (Fsp3) is 0.154. The summed E-state index contributed by atoms with van der Waals surface area (Å²) in [6, 6.07) is 24.2. The summed E-state index contributed by atoms with van der Waals surface area (Å²) in [5.41, 5.74) is 2.80. The molecule has 2 heterocycles. The van der Waals surface area contributed by atoms with Crippen LogP contribution < -0.4 is 9.47 Å². The summed E-state index contributed by atoms with van der Waals surface area (Å²) < 4.78 is 41.8. The van der Waals surface area contributed by atoms with Crippen molar-refractivity contribution < 1.29 is 27.8 Å². The van der Waals surface area contributed by atoms with Crippen LogP contribution in [0.25, 0.3) is 33.5 Å². The topological polar surface area (TPSA) is 91.3 Å². The first-order chi connectivity index (χ1) is 23.4. The minimum atomic E-state index is -0.929. The normalized spacial score (nSPS) is 11.0. The molecular weight excluding hydrogens is 612 g/mol. The Morgan fingerprint density at radius 2 is 1.21 bits per heavy atom. The van der Waals surface area contributed by atoms with Gasteiger partial charge in [-0.25, -0.2) is 28.3 Å². The van der Waals surface area contributed by atoms with E-state index < -0.39 is 23.6 Å². The molecule has 0 atom stereocenters. The molecule has 0 amide bonds. The Kier molecular flexibility index (Phi) is 9.57. The van der Waals surface area contributed by atoms with E-state index in [9.17, 15) is 9.59 Å². The van der Waals surface area contributed by atoms with Crippen LogP contribution in [0.5, 0.6) is 11.5 Å². The van der Waals surface area contributed by atoms with Crippen LogP contribution in [-0.4, -0.2) is 26.9 Å². The number of pyridine rings is 1. The number of hydrogen-bond acceptors (Lipinski definition) is 7. The molecule has 9 heteroatoms. The summed E-state index contributed by atoms with van der Waals surface area (Å²) >= 11 is 0. The first kappa shape index (κ1) is 32.1. The van der Waals surface area contributed by atoms with Crippen molar-refractivity contribution in [3.63, 3.8) is 0 Å². The second-order valence-corrected chi connectivity index (χ2v) is 11.2. The number of carbonyl (C=O) groups is 2. The predicted octanol–water partition coefficient (Wildman–Crippen LogP) is 8.98. The standard InChI is InChI=1S/C39H31F2N3O4/c1-3-8-24-12-14-28(30(40)22-24)38(45)47-32-16-17-33(48-39(46)29-15-13-25(9-4-2)23-31(29)41)36-34(32)35(26-10-6-5-7-11-26)43-37(44-36)27-18-20-42-21-19-27/h5-7,10-23H,3-4,8-9H2,1-2H3. The van der Waals surface area contributed by atoms with Gasteiger partial charge in [0.1, 0.15) is 22.9 Å². The molecule has 0 aliphatic rings. The molecule has 2 aromatic heterocycles. The number of fused-ring (bicyclic) bond motifs is 1. The summed E-state index contributed by atoms with van der Waals surface area (Å²) in [4.78, 5) is 40.5. The van der Waals surface area contributed by atoms with E-state index >= 15 is 8.78 Å². The zero-order valence-electron chi connectivity index (χ0n) is 26.4. The number of rotatable bonds is 10. The molecule has 0 unspecified atom stereocenters. The van der Waals surface area contributed by atoms with Gasteiger partial charge in [0, 0.05) is 23.5 Å². The number of ether oxygens (including phenoxy) is 2. The van der Waals surface area contributed by atoms with E-state index in [1.165, 1.54) is 36.4 Å². The Labute approximate surface area is 276 Å². The third kappa shape index (κ3) is 6.80. The van der Waals surface area contributed by atoms with Gasteiger partial charge in [-0.2, -0.15) is 0 Å². The van der Waals surface area contributed by atoms with Gasteiger partial charge in [-0.05, 0) is 72.5 Å². The van der Waals surface area contributed by atoms with Crippen molar-refractivity contribution in [2.45, 2.75) is 39.5 Å². The van der Waals surface area contributed by atoms with Crippen molar-refractivity contribution in [3.05, 3.63) is 137 Å².